The predicted octanol–water partition coefficient (Wildman–Crippen LogP) is 1.56. The number of methoxy groups -OCH3 is 1. The topological polar surface area (TPSA) is 221 Å². The Hall–Kier alpha value is -5.04. The van der Waals surface area contributed by atoms with Crippen LogP contribution in [-0.2, 0) is 20.8 Å². The lowest BCUT2D eigenvalue weighted by atomic mass is 9.59. The first-order valence-corrected chi connectivity index (χ1v) is 13.1. The molecule has 0 unspecified atom stereocenters. The number of phenolic OH excluding ortho intramolecular Hbond substituents is 1. The number of nitrogens with one attached hydrogen (secondary N) is 1. The van der Waals surface area contributed by atoms with Crippen molar-refractivity contribution in [2.75, 3.05) is 31.4 Å². The van der Waals surface area contributed by atoms with Crippen LogP contribution in [-0.4, -0.2) is 70.7 Å². The van der Waals surface area contributed by atoms with Crippen molar-refractivity contribution in [3.05, 3.63) is 58.4 Å². The van der Waals surface area contributed by atoms with E-state index in [4.69, 9.17) is 16.2 Å². The number of ether oxygens (including phenoxy) is 1. The first-order chi connectivity index (χ1) is 19.8. The van der Waals surface area contributed by atoms with Gasteiger partial charge in [-0.3, -0.25) is 14.4 Å². The fourth-order valence-electron chi connectivity index (χ4n) is 6.12. The summed E-state index contributed by atoms with van der Waals surface area (Å²) in [6.45, 7) is 0. The molecule has 3 aliphatic carbocycles. The first-order valence-electron chi connectivity index (χ1n) is 13.1. The van der Waals surface area contributed by atoms with Gasteiger partial charge in [0.2, 0.25) is 5.78 Å². The smallest absolute Gasteiger partial charge is 0.255 e. The molecular formula is C29H31N5O8. The van der Waals surface area contributed by atoms with Crippen LogP contribution in [0.5, 0.6) is 11.5 Å². The highest BCUT2D eigenvalue weighted by Gasteiger charge is 2.60. The zero-order valence-electron chi connectivity index (χ0n) is 23.1. The normalized spacial score (nSPS) is 23.7. The fourth-order valence-corrected chi connectivity index (χ4v) is 6.12. The van der Waals surface area contributed by atoms with Crippen molar-refractivity contribution in [2.24, 2.45) is 28.3 Å². The van der Waals surface area contributed by atoms with E-state index in [2.05, 4.69) is 10.3 Å². The molecule has 9 N–H and O–H groups in total. The van der Waals surface area contributed by atoms with E-state index >= 15 is 0 Å². The van der Waals surface area contributed by atoms with Crippen molar-refractivity contribution < 1.29 is 39.5 Å². The van der Waals surface area contributed by atoms with Crippen molar-refractivity contribution >= 4 is 46.3 Å². The number of ketones is 2. The van der Waals surface area contributed by atoms with Crippen LogP contribution in [0.2, 0.25) is 0 Å². The number of phenols is 1. The molecule has 0 radical (unpaired) electrons. The molecular weight excluding hydrogens is 546 g/mol. The summed E-state index contributed by atoms with van der Waals surface area (Å²) < 4.78 is 5.14. The van der Waals surface area contributed by atoms with Gasteiger partial charge in [0.25, 0.3) is 5.91 Å². The van der Waals surface area contributed by atoms with Gasteiger partial charge in [-0.1, -0.05) is 0 Å². The number of aromatic hydroxyl groups is 1. The highest BCUT2D eigenvalue weighted by atomic mass is 16.5. The second kappa shape index (κ2) is 10.1. The van der Waals surface area contributed by atoms with E-state index in [1.165, 1.54) is 0 Å². The molecule has 0 saturated heterocycles. The molecule has 13 heteroatoms. The van der Waals surface area contributed by atoms with E-state index in [1.54, 1.807) is 56.4 Å². The quantitative estimate of drug-likeness (QED) is 0.153. The number of hydrogen-bond acceptors (Lipinski definition) is 10. The molecule has 2 aromatic rings. The molecule has 220 valence electrons. The van der Waals surface area contributed by atoms with E-state index in [9.17, 15) is 34.8 Å². The van der Waals surface area contributed by atoms with Gasteiger partial charge in [-0.2, -0.15) is 0 Å². The summed E-state index contributed by atoms with van der Waals surface area (Å²) in [5, 5.41) is 47.9. The van der Waals surface area contributed by atoms with Crippen LogP contribution in [0.3, 0.4) is 0 Å². The zero-order chi connectivity index (χ0) is 30.7. The van der Waals surface area contributed by atoms with Crippen molar-refractivity contribution in [3.63, 3.8) is 0 Å². The van der Waals surface area contributed by atoms with Gasteiger partial charge in [-0.15, -0.1) is 0 Å². The number of fused-ring (bicyclic) bond motifs is 3. The standard InChI is InChI=1S/C29H31N5O8/c1-34(2)18-11-17(33-28(31)32-14-4-6-15(42-3)7-5-14)23(36)21-16(18)9-12-8-13-10-19(35)22(27(30)40)26(39)29(13,41)25(38)20(12)24(21)37/h4-7,11-13,36-37,39,41H,8-10H2,1-3H3,(H2,30,40)(H3,31,32,33)/t12-,13+,29+/m1/s1. The number of nitrogens with zero attached hydrogens (tertiary/aromatic N) is 2. The van der Waals surface area contributed by atoms with Gasteiger partial charge in [0, 0.05) is 43.4 Å². The molecule has 0 spiro atoms. The number of aliphatic imine (C=N–C) groups is 1. The number of primary amides is 1. The number of amides is 1. The van der Waals surface area contributed by atoms with Gasteiger partial charge < -0.3 is 46.8 Å². The molecule has 1 saturated carbocycles. The number of guanidine groups is 1. The maximum Gasteiger partial charge on any atom is 0.255 e. The third kappa shape index (κ3) is 4.29. The molecule has 2 aromatic carbocycles. The number of nitrogens with two attached hydrogens (primary N) is 2. The van der Waals surface area contributed by atoms with Gasteiger partial charge in [-0.25, -0.2) is 4.99 Å². The average Bonchev–Trinajstić information content (AvgIpc) is 2.92. The van der Waals surface area contributed by atoms with E-state index in [1.807, 2.05) is 0 Å². The molecule has 42 heavy (non-hydrogen) atoms. The summed E-state index contributed by atoms with van der Waals surface area (Å²) in [6.07, 6.45) is -0.184. The second-order valence-corrected chi connectivity index (χ2v) is 10.8. The molecule has 0 bridgehead atoms. The number of anilines is 2. The van der Waals surface area contributed by atoms with Gasteiger partial charge in [-0.05, 0) is 54.7 Å². The van der Waals surface area contributed by atoms with Crippen LogP contribution >= 0.6 is 0 Å². The molecule has 5 rings (SSSR count). The number of rotatable bonds is 5. The van der Waals surface area contributed by atoms with Crippen LogP contribution in [0.1, 0.15) is 24.0 Å². The lowest BCUT2D eigenvalue weighted by Crippen LogP contribution is -2.58. The number of aliphatic hydroxyl groups excluding tert-OH is 2. The lowest BCUT2D eigenvalue weighted by molar-refractivity contribution is -0.147. The fraction of sp³-hybridized carbons (Fsp3) is 0.310. The van der Waals surface area contributed by atoms with Crippen LogP contribution in [0.25, 0.3) is 5.76 Å². The van der Waals surface area contributed by atoms with Crippen molar-refractivity contribution in [2.45, 2.75) is 24.9 Å². The highest BCUT2D eigenvalue weighted by Crippen LogP contribution is 2.54. The SMILES string of the molecule is COc1ccc(NC(N)=Nc2cc(N(C)C)c3c(c2O)C(O)=C2C(=O)[C@]4(O)C(O)=C(C(N)=O)C(=O)C[C@@H]4C[C@@H]2C3)cc1. The second-order valence-electron chi connectivity index (χ2n) is 10.8. The van der Waals surface area contributed by atoms with Crippen LogP contribution < -0.4 is 26.4 Å². The summed E-state index contributed by atoms with van der Waals surface area (Å²) >= 11 is 0. The molecule has 1 fully saturated rings. The number of hydrogen-bond donors (Lipinski definition) is 7. The van der Waals surface area contributed by atoms with Gasteiger partial charge in [0.05, 0.1) is 12.7 Å². The lowest BCUT2D eigenvalue weighted by Gasteiger charge is -2.46. The molecule has 0 heterocycles. The van der Waals surface area contributed by atoms with Crippen molar-refractivity contribution in [3.8, 4) is 11.5 Å². The Morgan fingerprint density at radius 3 is 2.38 bits per heavy atom. The summed E-state index contributed by atoms with van der Waals surface area (Å²) in [5.41, 5.74) is 9.25. The minimum Gasteiger partial charge on any atom is -0.508 e. The molecule has 0 aliphatic heterocycles. The van der Waals surface area contributed by atoms with E-state index < -0.39 is 57.8 Å². The van der Waals surface area contributed by atoms with Gasteiger partial charge in [0.15, 0.2) is 23.1 Å². The molecule has 1 amide bonds. The Kier molecular flexibility index (Phi) is 6.85. The number of Topliss-reactive ketones (excluding diaryl/α,β-unsaturated/α-hetero) is 2. The third-order valence-electron chi connectivity index (χ3n) is 8.11. The minimum absolute atomic E-state index is 0.0107. The Bertz CT molecular complexity index is 1630. The number of benzene rings is 2. The van der Waals surface area contributed by atoms with Crippen molar-refractivity contribution in [1.29, 1.82) is 0 Å². The maximum absolute atomic E-state index is 13.8. The minimum atomic E-state index is -2.64. The van der Waals surface area contributed by atoms with Crippen LogP contribution in [0.15, 0.2) is 52.2 Å². The van der Waals surface area contributed by atoms with E-state index in [0.29, 0.717) is 22.7 Å². The highest BCUT2D eigenvalue weighted by molar-refractivity contribution is 6.22. The maximum atomic E-state index is 13.8. The Balaban J connectivity index is 1.62. The summed E-state index contributed by atoms with van der Waals surface area (Å²) in [5.74, 6) is -6.45. The van der Waals surface area contributed by atoms with Crippen molar-refractivity contribution in [1.82, 2.24) is 0 Å². The van der Waals surface area contributed by atoms with Crippen LogP contribution in [0.4, 0.5) is 17.1 Å². The summed E-state index contributed by atoms with van der Waals surface area (Å²) in [7, 11) is 5.06. The average molecular weight is 578 g/mol. The molecule has 3 aliphatic rings. The van der Waals surface area contributed by atoms with Gasteiger partial charge in [0.1, 0.15) is 28.5 Å². The largest absolute Gasteiger partial charge is 0.508 e. The van der Waals surface area contributed by atoms with Gasteiger partial charge >= 0.3 is 0 Å². The molecule has 3 atom stereocenters. The monoisotopic (exact) mass is 577 g/mol. The number of aliphatic hydroxyl groups is 3. The van der Waals surface area contributed by atoms with E-state index in [0.717, 1.165) is 0 Å². The third-order valence-corrected chi connectivity index (χ3v) is 8.11. The first kappa shape index (κ1) is 28.5. The zero-order valence-corrected chi connectivity index (χ0v) is 23.1. The van der Waals surface area contributed by atoms with Crippen LogP contribution in [0, 0.1) is 11.8 Å². The predicted molar refractivity (Wildman–Crippen MR) is 154 cm³/mol. The molecule has 0 aromatic heterocycles. The van der Waals surface area contributed by atoms with E-state index in [-0.39, 0.29) is 42.0 Å². The number of carbonyl (C=O) groups is 3. The molecule has 13 nitrogen and oxygen atoms in total. The summed E-state index contributed by atoms with van der Waals surface area (Å²) in [4.78, 5) is 44.2. The Morgan fingerprint density at radius 1 is 1.12 bits per heavy atom. The Labute approximate surface area is 240 Å². The summed E-state index contributed by atoms with van der Waals surface area (Å²) in [6, 6.07) is 8.47. The number of carbonyl (C=O) groups excluding carboxylic acids is 3. The Morgan fingerprint density at radius 2 is 1.79 bits per heavy atom.